The number of rotatable bonds is 7. The maximum absolute atomic E-state index is 14.1. The van der Waals surface area contributed by atoms with Crippen molar-refractivity contribution in [1.29, 1.82) is 0 Å². The Morgan fingerprint density at radius 2 is 1.42 bits per heavy atom. The van der Waals surface area contributed by atoms with Gasteiger partial charge in [-0.15, -0.1) is 0 Å². The van der Waals surface area contributed by atoms with E-state index in [0.717, 1.165) is 38.6 Å². The molecule has 4 N–H and O–H groups in total. The second-order valence-corrected chi connectivity index (χ2v) is 8.24. The lowest BCUT2D eigenvalue weighted by Crippen LogP contribution is -2.61. The zero-order valence-corrected chi connectivity index (χ0v) is 19.2. The van der Waals surface area contributed by atoms with Gasteiger partial charge in [0, 0.05) is 38.3 Å². The summed E-state index contributed by atoms with van der Waals surface area (Å²) >= 11 is 0.862. The van der Waals surface area contributed by atoms with Crippen molar-refractivity contribution in [2.45, 2.75) is 62.4 Å². The van der Waals surface area contributed by atoms with Gasteiger partial charge in [-0.1, -0.05) is 11.8 Å². The van der Waals surface area contributed by atoms with Crippen molar-refractivity contribution >= 4 is 47.0 Å². The van der Waals surface area contributed by atoms with Crippen LogP contribution in [-0.2, 0) is 42.9 Å². The number of benzene rings is 1. The Morgan fingerprint density at radius 3 is 1.97 bits per heavy atom. The Hall–Kier alpha value is -3.06. The summed E-state index contributed by atoms with van der Waals surface area (Å²) in [6.45, 7) is 4.14. The molecule has 0 radical (unpaired) electrons. The third-order valence-corrected chi connectivity index (χ3v) is 5.54. The minimum absolute atomic E-state index is 0.117. The summed E-state index contributed by atoms with van der Waals surface area (Å²) in [5, 5.41) is 0. The number of carbonyl (C=O) groups excluding carboxylic acids is 4. The van der Waals surface area contributed by atoms with Crippen LogP contribution in [0.15, 0.2) is 17.0 Å². The van der Waals surface area contributed by atoms with Crippen LogP contribution in [0.1, 0.15) is 27.7 Å². The molecule has 11 nitrogen and oxygen atoms in total. The molecule has 33 heavy (non-hydrogen) atoms. The molecule has 0 bridgehead atoms. The largest absolute Gasteiger partial charge is 0.463 e. The molecule has 0 aliphatic carbocycles. The molecule has 0 saturated carbocycles. The van der Waals surface area contributed by atoms with Crippen molar-refractivity contribution in [1.82, 2.24) is 0 Å². The fourth-order valence-corrected chi connectivity index (χ4v) is 4.26. The molecule has 1 aromatic carbocycles. The van der Waals surface area contributed by atoms with E-state index in [1.807, 2.05) is 0 Å². The van der Waals surface area contributed by atoms with Crippen molar-refractivity contribution in [2.75, 3.05) is 18.1 Å². The van der Waals surface area contributed by atoms with Crippen molar-refractivity contribution in [3.05, 3.63) is 17.9 Å². The first-order valence-corrected chi connectivity index (χ1v) is 10.6. The van der Waals surface area contributed by atoms with Gasteiger partial charge in [0.05, 0.1) is 5.69 Å². The SMILES string of the molecule is CC(=O)OC[C@H]1O[C@@H](Sc2cc(F)c(N)cc2N)[C@H](OC(C)=O)[C@@H](OC(C)=O)[C@H]1OC(C)=O. The van der Waals surface area contributed by atoms with Crippen LogP contribution < -0.4 is 11.5 Å². The first-order chi connectivity index (χ1) is 15.4. The predicted octanol–water partition coefficient (Wildman–Crippen LogP) is 1.17. The van der Waals surface area contributed by atoms with E-state index < -0.39 is 59.5 Å². The maximum Gasteiger partial charge on any atom is 0.303 e. The number of nitrogen functional groups attached to an aromatic ring is 2. The molecule has 1 aliphatic heterocycles. The fraction of sp³-hybridized carbons (Fsp3) is 0.500. The van der Waals surface area contributed by atoms with Crippen LogP contribution in [-0.4, -0.2) is 60.3 Å². The molecule has 0 unspecified atom stereocenters. The van der Waals surface area contributed by atoms with E-state index in [1.54, 1.807) is 0 Å². The topological polar surface area (TPSA) is 166 Å². The van der Waals surface area contributed by atoms with Crippen LogP contribution in [0.5, 0.6) is 0 Å². The van der Waals surface area contributed by atoms with E-state index in [-0.39, 0.29) is 22.9 Å². The third kappa shape index (κ3) is 7.22. The number of esters is 4. The molecule has 0 aromatic heterocycles. The normalized spacial score (nSPS) is 24.5. The molecule has 2 rings (SSSR count). The van der Waals surface area contributed by atoms with E-state index in [2.05, 4.69) is 0 Å². The van der Waals surface area contributed by atoms with E-state index in [9.17, 15) is 23.6 Å². The van der Waals surface area contributed by atoms with Gasteiger partial charge < -0.3 is 35.2 Å². The fourth-order valence-electron chi connectivity index (χ4n) is 3.10. The number of nitrogens with two attached hydrogens (primary N) is 2. The number of ether oxygens (including phenoxy) is 5. The summed E-state index contributed by atoms with van der Waals surface area (Å²) in [5.74, 6) is -3.63. The number of thioether (sulfide) groups is 1. The van der Waals surface area contributed by atoms with Gasteiger partial charge in [-0.25, -0.2) is 4.39 Å². The van der Waals surface area contributed by atoms with Crippen molar-refractivity contribution in [3.63, 3.8) is 0 Å². The molecule has 182 valence electrons. The lowest BCUT2D eigenvalue weighted by atomic mass is 9.99. The van der Waals surface area contributed by atoms with Crippen LogP contribution >= 0.6 is 11.8 Å². The number of hydrogen-bond acceptors (Lipinski definition) is 12. The first-order valence-electron chi connectivity index (χ1n) is 9.70. The second kappa shape index (κ2) is 11.2. The molecule has 5 atom stereocenters. The van der Waals surface area contributed by atoms with Gasteiger partial charge in [0.15, 0.2) is 18.3 Å². The molecule has 13 heteroatoms. The summed E-state index contributed by atoms with van der Waals surface area (Å²) in [6.07, 6.45) is -5.03. The maximum atomic E-state index is 14.1. The second-order valence-electron chi connectivity index (χ2n) is 7.10. The van der Waals surface area contributed by atoms with Crippen LogP contribution in [0, 0.1) is 5.82 Å². The highest BCUT2D eigenvalue weighted by Gasteiger charge is 2.52. The highest BCUT2D eigenvalue weighted by Crippen LogP contribution is 2.40. The number of anilines is 2. The molecule has 1 heterocycles. The molecular formula is C20H25FN2O9S. The lowest BCUT2D eigenvalue weighted by molar-refractivity contribution is -0.237. The smallest absolute Gasteiger partial charge is 0.303 e. The van der Waals surface area contributed by atoms with Gasteiger partial charge in [-0.05, 0) is 12.1 Å². The first kappa shape index (κ1) is 26.2. The average Bonchev–Trinajstić information content (AvgIpc) is 2.68. The molecular weight excluding hydrogens is 463 g/mol. The van der Waals surface area contributed by atoms with Crippen molar-refractivity contribution in [3.8, 4) is 0 Å². The predicted molar refractivity (Wildman–Crippen MR) is 113 cm³/mol. The van der Waals surface area contributed by atoms with Gasteiger partial charge in [0.25, 0.3) is 0 Å². The molecule has 1 saturated heterocycles. The molecule has 0 spiro atoms. The quantitative estimate of drug-likeness (QED) is 0.320. The Labute approximate surface area is 193 Å². The van der Waals surface area contributed by atoms with Crippen molar-refractivity contribution < 1.29 is 47.3 Å². The zero-order chi connectivity index (χ0) is 24.9. The van der Waals surface area contributed by atoms with Gasteiger partial charge in [-0.3, -0.25) is 19.2 Å². The van der Waals surface area contributed by atoms with Crippen molar-refractivity contribution in [2.24, 2.45) is 0 Å². The van der Waals surface area contributed by atoms with Gasteiger partial charge in [0.2, 0.25) is 0 Å². The van der Waals surface area contributed by atoms with Crippen LogP contribution in [0.25, 0.3) is 0 Å². The third-order valence-electron chi connectivity index (χ3n) is 4.32. The van der Waals surface area contributed by atoms with E-state index in [4.69, 9.17) is 35.2 Å². The monoisotopic (exact) mass is 488 g/mol. The van der Waals surface area contributed by atoms with Gasteiger partial charge in [0.1, 0.15) is 24.0 Å². The van der Waals surface area contributed by atoms with Crippen LogP contribution in [0.4, 0.5) is 15.8 Å². The lowest BCUT2D eigenvalue weighted by Gasteiger charge is -2.44. The molecule has 1 fully saturated rings. The highest BCUT2D eigenvalue weighted by atomic mass is 32.2. The number of halogens is 1. The average molecular weight is 488 g/mol. The number of carbonyl (C=O) groups is 4. The van der Waals surface area contributed by atoms with E-state index in [1.165, 1.54) is 13.0 Å². The minimum Gasteiger partial charge on any atom is -0.463 e. The standard InChI is InChI=1S/C20H25FN2O9S/c1-8(24)28-7-15-17(29-9(2)25)18(30-10(3)26)19(31-11(4)27)20(32-15)33-16-5-12(21)13(22)6-14(16)23/h5-6,15,17-20H,7,22-23H2,1-4H3/t15-,17+,18+,19-,20+/m1/s1. The van der Waals surface area contributed by atoms with Gasteiger partial charge in [-0.2, -0.15) is 0 Å². The number of hydrogen-bond donors (Lipinski definition) is 2. The van der Waals surface area contributed by atoms with Crippen LogP contribution in [0.3, 0.4) is 0 Å². The Kier molecular flexibility index (Phi) is 8.88. The van der Waals surface area contributed by atoms with E-state index in [0.29, 0.717) is 0 Å². The molecule has 1 aliphatic rings. The summed E-state index contributed by atoms with van der Waals surface area (Å²) in [4.78, 5) is 46.9. The summed E-state index contributed by atoms with van der Waals surface area (Å²) in [6, 6.07) is 2.28. The zero-order valence-electron chi connectivity index (χ0n) is 18.4. The highest BCUT2D eigenvalue weighted by molar-refractivity contribution is 8.00. The summed E-state index contributed by atoms with van der Waals surface area (Å²) in [5.41, 5.74) is 10.3. The summed E-state index contributed by atoms with van der Waals surface area (Å²) < 4.78 is 41.0. The minimum atomic E-state index is -1.33. The Morgan fingerprint density at radius 1 is 0.879 bits per heavy atom. The summed E-state index contributed by atoms with van der Waals surface area (Å²) in [7, 11) is 0. The Balaban J connectivity index is 2.51. The van der Waals surface area contributed by atoms with Crippen LogP contribution in [0.2, 0.25) is 0 Å². The Bertz CT molecular complexity index is 929. The molecule has 0 amide bonds. The van der Waals surface area contributed by atoms with Gasteiger partial charge >= 0.3 is 23.9 Å². The molecule has 1 aromatic rings. The van der Waals surface area contributed by atoms with E-state index >= 15 is 0 Å².